The number of carbonyl (C=O) groups is 2. The lowest BCUT2D eigenvalue weighted by molar-refractivity contribution is -0.135. The molecular weight excluding hydrogens is 288 g/mol. The van der Waals surface area contributed by atoms with Crippen molar-refractivity contribution in [1.82, 2.24) is 4.90 Å². The Bertz CT molecular complexity index is 823. The molecule has 0 spiro atoms. The molecule has 2 aromatic rings. The van der Waals surface area contributed by atoms with E-state index in [1.54, 1.807) is 0 Å². The molecule has 1 aliphatic heterocycles. The van der Waals surface area contributed by atoms with Gasteiger partial charge in [-0.05, 0) is 42.7 Å². The summed E-state index contributed by atoms with van der Waals surface area (Å²) in [6.07, 6.45) is 0. The molecule has 116 valence electrons. The summed E-state index contributed by atoms with van der Waals surface area (Å²) in [5, 5.41) is 3.10. The summed E-state index contributed by atoms with van der Waals surface area (Å²) >= 11 is 0. The number of amides is 2. The Labute approximate surface area is 135 Å². The third-order valence-corrected chi connectivity index (χ3v) is 4.13. The summed E-state index contributed by atoms with van der Waals surface area (Å²) in [6.45, 7) is 4.01. The smallest absolute Gasteiger partial charge is 0.277 e. The summed E-state index contributed by atoms with van der Waals surface area (Å²) in [6, 6.07) is 15.2. The predicted octanol–water partition coefficient (Wildman–Crippen LogP) is 3.13. The summed E-state index contributed by atoms with van der Waals surface area (Å²) in [5.74, 6) is -0.594. The first-order chi connectivity index (χ1) is 11.0. The fraction of sp³-hybridized carbons (Fsp3) is 0.158. The van der Waals surface area contributed by atoms with Crippen LogP contribution in [0, 0.1) is 13.8 Å². The van der Waals surface area contributed by atoms with E-state index in [-0.39, 0.29) is 11.8 Å². The van der Waals surface area contributed by atoms with Gasteiger partial charge in [0.25, 0.3) is 11.8 Å². The van der Waals surface area contributed by atoms with Crippen LogP contribution in [0.3, 0.4) is 0 Å². The van der Waals surface area contributed by atoms with E-state index in [0.29, 0.717) is 11.3 Å². The molecule has 0 aromatic heterocycles. The number of imide groups is 1. The second kappa shape index (κ2) is 5.72. The van der Waals surface area contributed by atoms with Gasteiger partial charge in [-0.3, -0.25) is 14.5 Å². The number of nitrogens with zero attached hydrogens (tertiary/aromatic N) is 1. The Balaban J connectivity index is 2.11. The van der Waals surface area contributed by atoms with Crippen LogP contribution in [0.2, 0.25) is 0 Å². The van der Waals surface area contributed by atoms with Crippen LogP contribution in [-0.2, 0) is 9.59 Å². The van der Waals surface area contributed by atoms with Crippen molar-refractivity contribution in [2.24, 2.45) is 0 Å². The molecule has 4 nitrogen and oxygen atoms in total. The fourth-order valence-electron chi connectivity index (χ4n) is 2.59. The van der Waals surface area contributed by atoms with Crippen molar-refractivity contribution in [2.45, 2.75) is 13.8 Å². The van der Waals surface area contributed by atoms with Crippen molar-refractivity contribution in [3.8, 4) is 0 Å². The summed E-state index contributed by atoms with van der Waals surface area (Å²) in [4.78, 5) is 26.1. The molecule has 0 aliphatic carbocycles. The molecule has 0 saturated heterocycles. The third kappa shape index (κ3) is 2.63. The van der Waals surface area contributed by atoms with E-state index in [4.69, 9.17) is 0 Å². The van der Waals surface area contributed by atoms with Crippen molar-refractivity contribution in [2.75, 3.05) is 12.4 Å². The Morgan fingerprint density at radius 3 is 2.22 bits per heavy atom. The average Bonchev–Trinajstić information content (AvgIpc) is 2.76. The number of benzene rings is 2. The van der Waals surface area contributed by atoms with E-state index in [2.05, 4.69) is 5.32 Å². The Morgan fingerprint density at radius 1 is 0.870 bits per heavy atom. The average molecular weight is 306 g/mol. The van der Waals surface area contributed by atoms with Crippen molar-refractivity contribution < 1.29 is 9.59 Å². The molecule has 1 N–H and O–H groups in total. The molecule has 3 rings (SSSR count). The van der Waals surface area contributed by atoms with Crippen LogP contribution in [0.25, 0.3) is 5.57 Å². The Kier molecular flexibility index (Phi) is 3.74. The van der Waals surface area contributed by atoms with E-state index in [0.717, 1.165) is 27.3 Å². The summed E-state index contributed by atoms with van der Waals surface area (Å²) in [5.41, 5.74) is 4.52. The minimum atomic E-state index is -0.313. The minimum absolute atomic E-state index is 0.281. The SMILES string of the molecule is Cc1ccc(C2=C(Nc3ccccc3)C(=O)N(C)C2=O)cc1C. The first-order valence-electron chi connectivity index (χ1n) is 7.45. The van der Waals surface area contributed by atoms with Gasteiger partial charge >= 0.3 is 0 Å². The van der Waals surface area contributed by atoms with E-state index < -0.39 is 0 Å². The number of likely N-dealkylation sites (N-methyl/N-ethyl adjacent to an activating group) is 1. The highest BCUT2D eigenvalue weighted by atomic mass is 16.2. The molecular formula is C19H18N2O2. The highest BCUT2D eigenvalue weighted by Gasteiger charge is 2.36. The van der Waals surface area contributed by atoms with Crippen LogP contribution in [0.4, 0.5) is 5.69 Å². The van der Waals surface area contributed by atoms with Crippen LogP contribution >= 0.6 is 0 Å². The number of aryl methyl sites for hydroxylation is 2. The molecule has 0 fully saturated rings. The zero-order valence-electron chi connectivity index (χ0n) is 13.4. The number of carbonyl (C=O) groups excluding carboxylic acids is 2. The highest BCUT2D eigenvalue weighted by molar-refractivity contribution is 6.36. The monoisotopic (exact) mass is 306 g/mol. The molecule has 0 radical (unpaired) electrons. The third-order valence-electron chi connectivity index (χ3n) is 4.13. The molecule has 0 atom stereocenters. The van der Waals surface area contributed by atoms with Crippen molar-refractivity contribution in [3.63, 3.8) is 0 Å². The van der Waals surface area contributed by atoms with Crippen molar-refractivity contribution >= 4 is 23.1 Å². The van der Waals surface area contributed by atoms with Gasteiger partial charge in [0.2, 0.25) is 0 Å². The largest absolute Gasteiger partial charge is 0.350 e. The molecule has 1 heterocycles. The number of para-hydroxylation sites is 1. The quantitative estimate of drug-likeness (QED) is 0.886. The summed E-state index contributed by atoms with van der Waals surface area (Å²) < 4.78 is 0. The van der Waals surface area contributed by atoms with Gasteiger partial charge in [0.05, 0.1) is 5.57 Å². The van der Waals surface area contributed by atoms with Gasteiger partial charge in [-0.15, -0.1) is 0 Å². The fourth-order valence-corrected chi connectivity index (χ4v) is 2.59. The van der Waals surface area contributed by atoms with E-state index >= 15 is 0 Å². The van der Waals surface area contributed by atoms with Gasteiger partial charge in [0, 0.05) is 12.7 Å². The lowest BCUT2D eigenvalue weighted by Gasteiger charge is -2.09. The van der Waals surface area contributed by atoms with Crippen molar-refractivity contribution in [1.29, 1.82) is 0 Å². The molecule has 2 amide bonds. The summed E-state index contributed by atoms with van der Waals surface area (Å²) in [7, 11) is 1.51. The van der Waals surface area contributed by atoms with Crippen molar-refractivity contribution in [3.05, 3.63) is 70.9 Å². The van der Waals surface area contributed by atoms with Gasteiger partial charge in [0.1, 0.15) is 5.70 Å². The topological polar surface area (TPSA) is 49.4 Å². The van der Waals surface area contributed by atoms with E-state index in [1.165, 1.54) is 7.05 Å². The molecule has 2 aromatic carbocycles. The van der Waals surface area contributed by atoms with Gasteiger partial charge in [-0.1, -0.05) is 36.4 Å². The highest BCUT2D eigenvalue weighted by Crippen LogP contribution is 2.30. The Morgan fingerprint density at radius 2 is 1.57 bits per heavy atom. The number of nitrogens with one attached hydrogen (secondary N) is 1. The molecule has 0 saturated carbocycles. The maximum atomic E-state index is 12.5. The van der Waals surface area contributed by atoms with Crippen LogP contribution in [-0.4, -0.2) is 23.8 Å². The number of hydrogen-bond donors (Lipinski definition) is 1. The van der Waals surface area contributed by atoms with Gasteiger partial charge in [-0.25, -0.2) is 0 Å². The maximum absolute atomic E-state index is 12.5. The Hall–Kier alpha value is -2.88. The van der Waals surface area contributed by atoms with Gasteiger partial charge in [0.15, 0.2) is 0 Å². The van der Waals surface area contributed by atoms with E-state index in [9.17, 15) is 9.59 Å². The standard InChI is InChI=1S/C19H18N2O2/c1-12-9-10-14(11-13(12)2)16-17(19(23)21(3)18(16)22)20-15-7-5-4-6-8-15/h4-11,20H,1-3H3. The molecule has 0 bridgehead atoms. The first kappa shape index (κ1) is 15.0. The molecule has 4 heteroatoms. The second-order valence-corrected chi connectivity index (χ2v) is 5.71. The van der Waals surface area contributed by atoms with Crippen LogP contribution < -0.4 is 5.32 Å². The number of hydrogen-bond acceptors (Lipinski definition) is 3. The zero-order chi connectivity index (χ0) is 16.6. The van der Waals surface area contributed by atoms with Crippen LogP contribution in [0.1, 0.15) is 16.7 Å². The predicted molar refractivity (Wildman–Crippen MR) is 90.7 cm³/mol. The lowest BCUT2D eigenvalue weighted by atomic mass is 9.99. The van der Waals surface area contributed by atoms with Gasteiger partial charge in [-0.2, -0.15) is 0 Å². The molecule has 1 aliphatic rings. The van der Waals surface area contributed by atoms with Crippen LogP contribution in [0.15, 0.2) is 54.2 Å². The maximum Gasteiger partial charge on any atom is 0.277 e. The lowest BCUT2D eigenvalue weighted by Crippen LogP contribution is -2.27. The number of rotatable bonds is 3. The van der Waals surface area contributed by atoms with Crippen LogP contribution in [0.5, 0.6) is 0 Å². The number of anilines is 1. The molecule has 23 heavy (non-hydrogen) atoms. The van der Waals surface area contributed by atoms with E-state index in [1.807, 2.05) is 62.4 Å². The normalized spacial score (nSPS) is 14.7. The zero-order valence-corrected chi connectivity index (χ0v) is 13.4. The van der Waals surface area contributed by atoms with Gasteiger partial charge < -0.3 is 5.32 Å². The first-order valence-corrected chi connectivity index (χ1v) is 7.45. The molecule has 0 unspecified atom stereocenters. The second-order valence-electron chi connectivity index (χ2n) is 5.71. The minimum Gasteiger partial charge on any atom is -0.350 e.